The fraction of sp³-hybridized carbons (Fsp3) is 0.261. The Labute approximate surface area is 205 Å². The number of aromatic nitrogens is 2. The van der Waals surface area contributed by atoms with Gasteiger partial charge in [-0.1, -0.05) is 12.1 Å². The smallest absolute Gasteiger partial charge is 0.227 e. The number of nitrogens with one attached hydrogen (secondary N) is 1. The number of thiophene rings is 1. The second-order valence-corrected chi connectivity index (χ2v) is 10.3. The summed E-state index contributed by atoms with van der Waals surface area (Å²) in [5, 5.41) is 4.99. The van der Waals surface area contributed by atoms with Crippen molar-refractivity contribution in [2.24, 2.45) is 0 Å². The number of hydrogen-bond donors (Lipinski definition) is 1. The number of ether oxygens (including phenoxy) is 1. The molecule has 0 atom stereocenters. The predicted octanol–water partition coefficient (Wildman–Crippen LogP) is 2.98. The first-order valence-electron chi connectivity index (χ1n) is 10.9. The molecule has 0 radical (unpaired) electrons. The van der Waals surface area contributed by atoms with Crippen molar-refractivity contribution < 1.29 is 22.1 Å². The Morgan fingerprint density at radius 2 is 1.91 bits per heavy atom. The zero-order valence-electron chi connectivity index (χ0n) is 18.5. The van der Waals surface area contributed by atoms with E-state index in [2.05, 4.69) is 15.3 Å². The second-order valence-electron chi connectivity index (χ2n) is 7.94. The predicted molar refractivity (Wildman–Crippen MR) is 132 cm³/mol. The first-order chi connectivity index (χ1) is 16.9. The lowest BCUT2D eigenvalue weighted by Crippen LogP contribution is -2.36. The molecule has 1 aromatic carbocycles. The topological polar surface area (TPSA) is 138 Å². The summed E-state index contributed by atoms with van der Waals surface area (Å²) < 4.78 is 44.7. The van der Waals surface area contributed by atoms with Crippen LogP contribution in [0.2, 0.25) is 0 Å². The third-order valence-electron chi connectivity index (χ3n) is 5.53. The molecule has 0 saturated carbocycles. The fourth-order valence-corrected chi connectivity index (χ4v) is 5.13. The molecule has 1 fully saturated rings. The number of benzene rings is 1. The van der Waals surface area contributed by atoms with E-state index >= 15 is 0 Å². The van der Waals surface area contributed by atoms with E-state index in [4.69, 9.17) is 9.15 Å². The van der Waals surface area contributed by atoms with Gasteiger partial charge in [-0.3, -0.25) is 4.79 Å². The molecule has 10 nitrogen and oxygen atoms in total. The van der Waals surface area contributed by atoms with Crippen LogP contribution in [0, 0.1) is 0 Å². The van der Waals surface area contributed by atoms with Crippen LogP contribution in [-0.4, -0.2) is 55.0 Å². The van der Waals surface area contributed by atoms with E-state index in [1.807, 2.05) is 34.5 Å². The lowest BCUT2D eigenvalue weighted by atomic mass is 10.1. The summed E-state index contributed by atoms with van der Waals surface area (Å²) in [4.78, 5) is 23.1. The Morgan fingerprint density at radius 3 is 2.66 bits per heavy atom. The summed E-state index contributed by atoms with van der Waals surface area (Å²) in [5.74, 6) is 0.321. The van der Waals surface area contributed by atoms with Gasteiger partial charge in [-0.25, -0.2) is 18.4 Å². The molecule has 3 aromatic heterocycles. The van der Waals surface area contributed by atoms with Crippen molar-refractivity contribution >= 4 is 49.3 Å². The summed E-state index contributed by atoms with van der Waals surface area (Å²) in [5.41, 5.74) is 3.39. The normalized spacial score (nSPS) is 14.4. The van der Waals surface area contributed by atoms with Crippen molar-refractivity contribution in [3.05, 3.63) is 63.9 Å². The van der Waals surface area contributed by atoms with Crippen LogP contribution in [0.4, 0.5) is 17.5 Å². The van der Waals surface area contributed by atoms with Crippen LogP contribution in [0.25, 0.3) is 21.4 Å². The van der Waals surface area contributed by atoms with Crippen molar-refractivity contribution in [2.75, 3.05) is 42.3 Å². The number of nitrogens with zero attached hydrogens (tertiary/aromatic N) is 3. The quantitative estimate of drug-likeness (QED) is 0.367. The molecule has 0 spiro atoms. The summed E-state index contributed by atoms with van der Waals surface area (Å²) in [6.07, 6.45) is 1.52. The van der Waals surface area contributed by atoms with Crippen LogP contribution >= 0.6 is 11.3 Å². The third kappa shape index (κ3) is 5.51. The van der Waals surface area contributed by atoms with Crippen LogP contribution in [0.15, 0.2) is 57.2 Å². The standard InChI is InChI=1S/C23H22N4O6S2/c28-19-13-20(27-8-10-32-11-9-27)33-21-18(14-34-22(19)21)15-1-3-16(4-2-15)25-23-24-7-5-17(26-23)6-12-35(29,30)31/h1-5,7,13-14H,6,8-12H2,(H,24,25,26)(H,29,30,31)/p-1. The fourth-order valence-electron chi connectivity index (χ4n) is 3.76. The highest BCUT2D eigenvalue weighted by Gasteiger charge is 2.18. The number of rotatable bonds is 7. The van der Waals surface area contributed by atoms with Gasteiger partial charge < -0.3 is 23.9 Å². The Hall–Kier alpha value is -3.32. The van der Waals surface area contributed by atoms with Crippen molar-refractivity contribution in [3.8, 4) is 11.1 Å². The first kappa shape index (κ1) is 23.4. The minimum atomic E-state index is -4.31. The molecule has 4 aromatic rings. The van der Waals surface area contributed by atoms with Crippen LogP contribution < -0.4 is 15.6 Å². The van der Waals surface area contributed by atoms with E-state index in [1.165, 1.54) is 17.5 Å². The molecule has 0 amide bonds. The Morgan fingerprint density at radius 1 is 1.14 bits per heavy atom. The van der Waals surface area contributed by atoms with Crippen LogP contribution in [0.3, 0.4) is 0 Å². The molecule has 1 aliphatic rings. The molecule has 1 N–H and O–H groups in total. The van der Waals surface area contributed by atoms with E-state index in [-0.39, 0.29) is 11.8 Å². The van der Waals surface area contributed by atoms with Gasteiger partial charge >= 0.3 is 0 Å². The van der Waals surface area contributed by atoms with E-state index in [0.29, 0.717) is 54.1 Å². The van der Waals surface area contributed by atoms with Crippen molar-refractivity contribution in [2.45, 2.75) is 6.42 Å². The highest BCUT2D eigenvalue weighted by atomic mass is 32.2. The highest BCUT2D eigenvalue weighted by Crippen LogP contribution is 2.35. The number of aryl methyl sites for hydroxylation is 1. The van der Waals surface area contributed by atoms with Gasteiger partial charge in [-0.05, 0) is 23.8 Å². The van der Waals surface area contributed by atoms with Gasteiger partial charge in [0.1, 0.15) is 4.70 Å². The number of morpholine rings is 1. The van der Waals surface area contributed by atoms with Gasteiger partial charge in [-0.2, -0.15) is 0 Å². The second kappa shape index (κ2) is 9.74. The molecule has 0 unspecified atom stereocenters. The molecule has 4 heterocycles. The van der Waals surface area contributed by atoms with E-state index < -0.39 is 15.9 Å². The highest BCUT2D eigenvalue weighted by molar-refractivity contribution is 7.85. The van der Waals surface area contributed by atoms with Crippen molar-refractivity contribution in [1.82, 2.24) is 9.97 Å². The van der Waals surface area contributed by atoms with Gasteiger partial charge in [0.05, 0.1) is 23.3 Å². The SMILES string of the molecule is O=c1cc(N2CCOCC2)oc2c(-c3ccc(Nc4nccc(CCS(=O)(=O)[O-])n4)cc3)csc12. The zero-order chi connectivity index (χ0) is 24.4. The number of fused-ring (bicyclic) bond motifs is 1. The summed E-state index contributed by atoms with van der Waals surface area (Å²) in [7, 11) is -4.31. The van der Waals surface area contributed by atoms with Gasteiger partial charge in [0.25, 0.3) is 0 Å². The summed E-state index contributed by atoms with van der Waals surface area (Å²) >= 11 is 1.36. The van der Waals surface area contributed by atoms with Gasteiger partial charge in [0.2, 0.25) is 11.4 Å². The number of anilines is 3. The van der Waals surface area contributed by atoms with Gasteiger partial charge in [0, 0.05) is 59.9 Å². The van der Waals surface area contributed by atoms with E-state index in [0.717, 1.165) is 16.8 Å². The van der Waals surface area contributed by atoms with E-state index in [9.17, 15) is 17.8 Å². The van der Waals surface area contributed by atoms with Crippen molar-refractivity contribution in [3.63, 3.8) is 0 Å². The molecule has 182 valence electrons. The van der Waals surface area contributed by atoms with Crippen LogP contribution in [0.5, 0.6) is 0 Å². The maximum Gasteiger partial charge on any atom is 0.227 e. The molecule has 0 bridgehead atoms. The lowest BCUT2D eigenvalue weighted by Gasteiger charge is -2.27. The molecular formula is C23H21N4O6S2-. The zero-order valence-corrected chi connectivity index (χ0v) is 20.1. The Balaban J connectivity index is 1.37. The monoisotopic (exact) mass is 513 g/mol. The minimum Gasteiger partial charge on any atom is -0.748 e. The summed E-state index contributed by atoms with van der Waals surface area (Å²) in [6, 6.07) is 10.6. The molecule has 0 aliphatic carbocycles. The molecule has 35 heavy (non-hydrogen) atoms. The van der Waals surface area contributed by atoms with Crippen LogP contribution in [0.1, 0.15) is 5.69 Å². The lowest BCUT2D eigenvalue weighted by molar-refractivity contribution is 0.121. The van der Waals surface area contributed by atoms with Gasteiger partial charge in [0.15, 0.2) is 11.5 Å². The largest absolute Gasteiger partial charge is 0.748 e. The molecular weight excluding hydrogens is 492 g/mol. The van der Waals surface area contributed by atoms with E-state index in [1.54, 1.807) is 12.1 Å². The molecule has 5 rings (SSSR count). The molecule has 12 heteroatoms. The first-order valence-corrected chi connectivity index (χ1v) is 13.3. The maximum atomic E-state index is 12.7. The van der Waals surface area contributed by atoms with Crippen LogP contribution in [-0.2, 0) is 21.3 Å². The average Bonchev–Trinajstić information content (AvgIpc) is 3.28. The molecule has 1 saturated heterocycles. The average molecular weight is 514 g/mol. The van der Waals surface area contributed by atoms with Gasteiger partial charge in [-0.15, -0.1) is 11.3 Å². The minimum absolute atomic E-state index is 0.0187. The number of hydrogen-bond acceptors (Lipinski definition) is 11. The van der Waals surface area contributed by atoms with Crippen molar-refractivity contribution in [1.29, 1.82) is 0 Å². The Kier molecular flexibility index (Phi) is 6.52. The third-order valence-corrected chi connectivity index (χ3v) is 7.21. The maximum absolute atomic E-state index is 12.7. The Bertz CT molecular complexity index is 1510. The summed E-state index contributed by atoms with van der Waals surface area (Å²) in [6.45, 7) is 2.53. The molecule has 1 aliphatic heterocycles.